The van der Waals surface area contributed by atoms with Crippen LogP contribution in [0.4, 0.5) is 0 Å². The first-order valence-corrected chi connectivity index (χ1v) is 6.57. The summed E-state index contributed by atoms with van der Waals surface area (Å²) < 4.78 is 5.63. The van der Waals surface area contributed by atoms with Crippen molar-refractivity contribution in [2.75, 3.05) is 6.61 Å². The van der Waals surface area contributed by atoms with E-state index >= 15 is 0 Å². The van der Waals surface area contributed by atoms with Crippen LogP contribution in [0.3, 0.4) is 0 Å². The molecule has 62 valence electrons. The van der Waals surface area contributed by atoms with Crippen LogP contribution in [0.5, 0.6) is 0 Å². The molecule has 0 N–H and O–H groups in total. The number of unbranched alkanes of at least 4 members (excludes halogenated alkanes) is 1. The van der Waals surface area contributed by atoms with Crippen molar-refractivity contribution < 1.29 is 4.43 Å². The Morgan fingerprint density at radius 2 is 1.90 bits per heavy atom. The van der Waals surface area contributed by atoms with Crippen LogP contribution in [-0.4, -0.2) is 15.6 Å². The lowest BCUT2D eigenvalue weighted by Crippen LogP contribution is -2.15. The van der Waals surface area contributed by atoms with Crippen molar-refractivity contribution >= 4 is 9.04 Å². The molecule has 0 spiro atoms. The van der Waals surface area contributed by atoms with E-state index in [4.69, 9.17) is 4.43 Å². The van der Waals surface area contributed by atoms with E-state index < -0.39 is 9.04 Å². The average molecular weight is 160 g/mol. The third kappa shape index (κ3) is 5.00. The molecule has 10 heavy (non-hydrogen) atoms. The molecule has 1 unspecified atom stereocenters. The van der Waals surface area contributed by atoms with Crippen LogP contribution >= 0.6 is 0 Å². The lowest BCUT2D eigenvalue weighted by Gasteiger charge is -2.11. The van der Waals surface area contributed by atoms with Gasteiger partial charge in [0, 0.05) is 6.61 Å². The van der Waals surface area contributed by atoms with Gasteiger partial charge in [-0.2, -0.15) is 0 Å². The maximum absolute atomic E-state index is 5.63. The first-order valence-electron chi connectivity index (χ1n) is 4.46. The molecule has 0 bridgehead atoms. The molecular weight excluding hydrogens is 140 g/mol. The second-order valence-corrected chi connectivity index (χ2v) is 5.60. The second-order valence-electron chi connectivity index (χ2n) is 2.63. The fourth-order valence-electron chi connectivity index (χ4n) is 1.07. The Labute approximate surface area is 66.5 Å². The van der Waals surface area contributed by atoms with E-state index in [1.165, 1.54) is 24.9 Å². The summed E-state index contributed by atoms with van der Waals surface area (Å²) in [6.45, 7) is 7.52. The Morgan fingerprint density at radius 3 is 2.30 bits per heavy atom. The molecule has 0 aliphatic heterocycles. The zero-order valence-corrected chi connectivity index (χ0v) is 8.68. The van der Waals surface area contributed by atoms with Crippen LogP contribution in [0.2, 0.25) is 12.1 Å². The van der Waals surface area contributed by atoms with Gasteiger partial charge in [0.2, 0.25) is 0 Å². The third-order valence-corrected chi connectivity index (χ3v) is 4.50. The molecule has 0 fully saturated rings. The predicted octanol–water partition coefficient (Wildman–Crippen LogP) is 2.57. The fourth-order valence-corrected chi connectivity index (χ4v) is 3.22. The van der Waals surface area contributed by atoms with Crippen molar-refractivity contribution in [1.29, 1.82) is 0 Å². The largest absolute Gasteiger partial charge is 0.420 e. The molecule has 0 aliphatic rings. The molecule has 0 rings (SSSR count). The number of hydrogen-bond acceptors (Lipinski definition) is 1. The van der Waals surface area contributed by atoms with E-state index in [0.29, 0.717) is 0 Å². The Morgan fingerprint density at radius 1 is 1.20 bits per heavy atom. The molecule has 0 aliphatic carbocycles. The summed E-state index contributed by atoms with van der Waals surface area (Å²) in [5, 5.41) is 0. The molecule has 1 nitrogen and oxygen atoms in total. The molecule has 0 amide bonds. The van der Waals surface area contributed by atoms with Crippen LogP contribution in [-0.2, 0) is 4.43 Å². The molecule has 0 heterocycles. The summed E-state index contributed by atoms with van der Waals surface area (Å²) in [5.41, 5.74) is 0. The standard InChI is InChI=1S/C8H20OSi/c1-4-7-8-10(6-3)9-5-2/h10H,4-8H2,1-3H3. The van der Waals surface area contributed by atoms with Gasteiger partial charge in [-0.3, -0.25) is 0 Å². The number of hydrogen-bond donors (Lipinski definition) is 0. The first-order chi connectivity index (χ1) is 4.85. The van der Waals surface area contributed by atoms with Gasteiger partial charge in [0.05, 0.1) is 0 Å². The van der Waals surface area contributed by atoms with Gasteiger partial charge in [-0.1, -0.05) is 26.7 Å². The summed E-state index contributed by atoms with van der Waals surface area (Å²) in [6.07, 6.45) is 2.68. The third-order valence-electron chi connectivity index (χ3n) is 1.74. The Hall–Kier alpha value is 0.177. The van der Waals surface area contributed by atoms with Gasteiger partial charge in [0.1, 0.15) is 0 Å². The quantitative estimate of drug-likeness (QED) is 0.543. The zero-order valence-electron chi connectivity index (χ0n) is 7.52. The molecule has 0 saturated carbocycles. The van der Waals surface area contributed by atoms with Crippen LogP contribution in [0.1, 0.15) is 33.6 Å². The van der Waals surface area contributed by atoms with Gasteiger partial charge in [0.15, 0.2) is 9.04 Å². The zero-order chi connectivity index (χ0) is 7.82. The van der Waals surface area contributed by atoms with Crippen molar-refractivity contribution in [3.63, 3.8) is 0 Å². The van der Waals surface area contributed by atoms with Crippen LogP contribution in [0.15, 0.2) is 0 Å². The van der Waals surface area contributed by atoms with Crippen molar-refractivity contribution in [2.45, 2.75) is 45.7 Å². The van der Waals surface area contributed by atoms with E-state index in [1.54, 1.807) is 0 Å². The monoisotopic (exact) mass is 160 g/mol. The summed E-state index contributed by atoms with van der Waals surface area (Å²) >= 11 is 0. The molecule has 2 heteroatoms. The van der Waals surface area contributed by atoms with E-state index in [-0.39, 0.29) is 0 Å². The second kappa shape index (κ2) is 7.29. The maximum Gasteiger partial charge on any atom is 0.176 e. The van der Waals surface area contributed by atoms with Crippen molar-refractivity contribution in [2.24, 2.45) is 0 Å². The van der Waals surface area contributed by atoms with Gasteiger partial charge < -0.3 is 4.43 Å². The summed E-state index contributed by atoms with van der Waals surface area (Å²) in [7, 11) is -0.731. The van der Waals surface area contributed by atoms with Crippen molar-refractivity contribution in [1.82, 2.24) is 0 Å². The molecule has 0 saturated heterocycles. The van der Waals surface area contributed by atoms with Gasteiger partial charge in [-0.15, -0.1) is 0 Å². The maximum atomic E-state index is 5.63. The van der Waals surface area contributed by atoms with Crippen molar-refractivity contribution in [3.8, 4) is 0 Å². The minimum absolute atomic E-state index is 0.731. The van der Waals surface area contributed by atoms with E-state index in [0.717, 1.165) is 6.61 Å². The lowest BCUT2D eigenvalue weighted by molar-refractivity contribution is 0.341. The molecule has 0 aromatic rings. The molecular formula is C8H20OSi. The van der Waals surface area contributed by atoms with E-state index in [9.17, 15) is 0 Å². The molecule has 0 aromatic carbocycles. The van der Waals surface area contributed by atoms with Gasteiger partial charge in [-0.05, 0) is 19.0 Å². The average Bonchev–Trinajstić information content (AvgIpc) is 1.98. The molecule has 0 aromatic heterocycles. The molecule has 1 atom stereocenters. The summed E-state index contributed by atoms with van der Waals surface area (Å²) in [6, 6.07) is 2.68. The Bertz CT molecular complexity index is 66.3. The van der Waals surface area contributed by atoms with Crippen LogP contribution < -0.4 is 0 Å². The van der Waals surface area contributed by atoms with Gasteiger partial charge in [0.25, 0.3) is 0 Å². The minimum Gasteiger partial charge on any atom is -0.420 e. The highest BCUT2D eigenvalue weighted by Crippen LogP contribution is 2.05. The van der Waals surface area contributed by atoms with E-state index in [1.807, 2.05) is 0 Å². The Balaban J connectivity index is 3.21. The number of rotatable bonds is 6. The normalized spacial score (nSPS) is 13.5. The topological polar surface area (TPSA) is 9.23 Å². The molecule has 0 radical (unpaired) electrons. The van der Waals surface area contributed by atoms with Crippen molar-refractivity contribution in [3.05, 3.63) is 0 Å². The van der Waals surface area contributed by atoms with E-state index in [2.05, 4.69) is 20.8 Å². The first kappa shape index (κ1) is 10.2. The Kier molecular flexibility index (Phi) is 7.41. The SMILES string of the molecule is CCCC[SiH](CC)OCC. The predicted molar refractivity (Wildman–Crippen MR) is 49.0 cm³/mol. The smallest absolute Gasteiger partial charge is 0.176 e. The highest BCUT2D eigenvalue weighted by molar-refractivity contribution is 6.51. The van der Waals surface area contributed by atoms with Gasteiger partial charge >= 0.3 is 0 Å². The van der Waals surface area contributed by atoms with Crippen LogP contribution in [0.25, 0.3) is 0 Å². The summed E-state index contributed by atoms with van der Waals surface area (Å²) in [4.78, 5) is 0. The highest BCUT2D eigenvalue weighted by Gasteiger charge is 2.05. The lowest BCUT2D eigenvalue weighted by atomic mass is 10.4. The summed E-state index contributed by atoms with van der Waals surface area (Å²) in [5.74, 6) is 0. The van der Waals surface area contributed by atoms with Gasteiger partial charge in [-0.25, -0.2) is 0 Å². The minimum atomic E-state index is -0.731. The fraction of sp³-hybridized carbons (Fsp3) is 1.00. The highest BCUT2D eigenvalue weighted by atomic mass is 28.3. The van der Waals surface area contributed by atoms with Crippen LogP contribution in [0, 0.1) is 0 Å².